The molecular formula is C18H11BrF4O5S. The van der Waals surface area contributed by atoms with Gasteiger partial charge in [-0.05, 0) is 30.7 Å². The van der Waals surface area contributed by atoms with Crippen LogP contribution in [0.3, 0.4) is 0 Å². The van der Waals surface area contributed by atoms with Crippen LogP contribution in [-0.2, 0) is 31.5 Å². The zero-order valence-electron chi connectivity index (χ0n) is 14.3. The molecule has 1 heterocycles. The van der Waals surface area contributed by atoms with Crippen molar-refractivity contribution in [2.45, 2.75) is 29.0 Å². The lowest BCUT2D eigenvalue weighted by atomic mass is 10.1. The highest BCUT2D eigenvalue weighted by molar-refractivity contribution is 9.10. The minimum Gasteiger partial charge on any atom is -0.457 e. The summed E-state index contributed by atoms with van der Waals surface area (Å²) in [6, 6.07) is 5.66. The van der Waals surface area contributed by atoms with E-state index >= 15 is 0 Å². The molecule has 0 saturated heterocycles. The van der Waals surface area contributed by atoms with Crippen molar-refractivity contribution in [3.05, 3.63) is 64.3 Å². The smallest absolute Gasteiger partial charge is 0.457 e. The van der Waals surface area contributed by atoms with Crippen LogP contribution in [0.25, 0.3) is 0 Å². The number of rotatable bonds is 3. The van der Waals surface area contributed by atoms with Crippen LogP contribution >= 0.6 is 15.9 Å². The minimum absolute atomic E-state index is 0.0724. The SMILES string of the molecule is O=S(=O)(c1ccc(Oc2cc(F)cc(Br)c2)c2c1C1(CC2)OC=CO1)C(F)(F)F. The van der Waals surface area contributed by atoms with Gasteiger partial charge in [0.25, 0.3) is 15.6 Å². The number of ether oxygens (including phenoxy) is 3. The van der Waals surface area contributed by atoms with Gasteiger partial charge in [-0.3, -0.25) is 0 Å². The number of benzene rings is 2. The second-order valence-electron chi connectivity index (χ2n) is 6.33. The fourth-order valence-electron chi connectivity index (χ4n) is 3.39. The Kier molecular flexibility index (Phi) is 4.57. The molecule has 0 N–H and O–H groups in total. The predicted octanol–water partition coefficient (Wildman–Crippen LogP) is 5.29. The lowest BCUT2D eigenvalue weighted by molar-refractivity contribution is -0.149. The van der Waals surface area contributed by atoms with E-state index in [0.717, 1.165) is 30.7 Å². The zero-order valence-corrected chi connectivity index (χ0v) is 16.7. The molecule has 1 aliphatic carbocycles. The van der Waals surface area contributed by atoms with Crippen LogP contribution in [-0.4, -0.2) is 13.9 Å². The third-order valence-electron chi connectivity index (χ3n) is 4.55. The van der Waals surface area contributed by atoms with E-state index < -0.39 is 31.8 Å². The summed E-state index contributed by atoms with van der Waals surface area (Å²) in [5.41, 5.74) is -5.60. The topological polar surface area (TPSA) is 61.8 Å². The molecule has 2 aromatic carbocycles. The molecule has 0 fully saturated rings. The first-order valence-corrected chi connectivity index (χ1v) is 10.4. The molecule has 0 unspecified atom stereocenters. The number of hydrogen-bond acceptors (Lipinski definition) is 5. The van der Waals surface area contributed by atoms with E-state index in [1.165, 1.54) is 12.1 Å². The molecule has 154 valence electrons. The number of sulfone groups is 1. The van der Waals surface area contributed by atoms with Gasteiger partial charge in [0, 0.05) is 22.5 Å². The maximum absolute atomic E-state index is 13.6. The van der Waals surface area contributed by atoms with Gasteiger partial charge in [-0.15, -0.1) is 0 Å². The summed E-state index contributed by atoms with van der Waals surface area (Å²) in [6.45, 7) is 0. The second-order valence-corrected chi connectivity index (χ2v) is 9.16. The van der Waals surface area contributed by atoms with Gasteiger partial charge in [0.1, 0.15) is 29.8 Å². The third kappa shape index (κ3) is 3.25. The van der Waals surface area contributed by atoms with E-state index in [1.807, 2.05) is 0 Å². The average Bonchev–Trinajstić information content (AvgIpc) is 3.22. The Morgan fingerprint density at radius 1 is 1.10 bits per heavy atom. The summed E-state index contributed by atoms with van der Waals surface area (Å²) < 4.78 is 94.4. The van der Waals surface area contributed by atoms with E-state index in [0.29, 0.717) is 4.47 Å². The van der Waals surface area contributed by atoms with Gasteiger partial charge in [-0.2, -0.15) is 13.2 Å². The molecule has 4 rings (SSSR count). The molecule has 5 nitrogen and oxygen atoms in total. The fraction of sp³-hybridized carbons (Fsp3) is 0.222. The molecule has 1 spiro atoms. The fourth-order valence-corrected chi connectivity index (χ4v) is 4.87. The van der Waals surface area contributed by atoms with Crippen LogP contribution < -0.4 is 4.74 Å². The Morgan fingerprint density at radius 3 is 2.41 bits per heavy atom. The van der Waals surface area contributed by atoms with Gasteiger partial charge in [-0.1, -0.05) is 15.9 Å². The first kappa shape index (κ1) is 20.0. The Balaban J connectivity index is 1.88. The van der Waals surface area contributed by atoms with Gasteiger partial charge in [-0.25, -0.2) is 12.8 Å². The van der Waals surface area contributed by atoms with Gasteiger partial charge < -0.3 is 14.2 Å². The van der Waals surface area contributed by atoms with E-state index in [2.05, 4.69) is 15.9 Å². The van der Waals surface area contributed by atoms with Crippen LogP contribution in [0, 0.1) is 5.82 Å². The third-order valence-corrected chi connectivity index (χ3v) is 6.53. The van der Waals surface area contributed by atoms with Crippen LogP contribution in [0.1, 0.15) is 17.5 Å². The highest BCUT2D eigenvalue weighted by Crippen LogP contribution is 2.51. The summed E-state index contributed by atoms with van der Waals surface area (Å²) >= 11 is 3.12. The van der Waals surface area contributed by atoms with Crippen molar-refractivity contribution in [1.29, 1.82) is 0 Å². The Bertz CT molecular complexity index is 1100. The Morgan fingerprint density at radius 2 is 1.79 bits per heavy atom. The maximum atomic E-state index is 13.6. The molecule has 0 saturated carbocycles. The molecule has 2 aromatic rings. The van der Waals surface area contributed by atoms with Crippen LogP contribution in [0.5, 0.6) is 11.5 Å². The van der Waals surface area contributed by atoms with Crippen molar-refractivity contribution >= 4 is 25.8 Å². The largest absolute Gasteiger partial charge is 0.501 e. The highest BCUT2D eigenvalue weighted by Gasteiger charge is 2.55. The quantitative estimate of drug-likeness (QED) is 0.542. The zero-order chi connectivity index (χ0) is 21.0. The number of halogens is 5. The van der Waals surface area contributed by atoms with E-state index in [9.17, 15) is 26.0 Å². The van der Waals surface area contributed by atoms with Crippen molar-refractivity contribution in [3.63, 3.8) is 0 Å². The van der Waals surface area contributed by atoms with Crippen molar-refractivity contribution in [2.75, 3.05) is 0 Å². The molecule has 0 aromatic heterocycles. The summed E-state index contributed by atoms with van der Waals surface area (Å²) in [7, 11) is -5.68. The number of alkyl halides is 3. The van der Waals surface area contributed by atoms with Crippen molar-refractivity contribution in [1.82, 2.24) is 0 Å². The predicted molar refractivity (Wildman–Crippen MR) is 95.2 cm³/mol. The van der Waals surface area contributed by atoms with Gasteiger partial charge in [0.2, 0.25) is 0 Å². The molecule has 0 bridgehead atoms. The summed E-state index contributed by atoms with van der Waals surface area (Å²) in [4.78, 5) is -0.964. The standard InChI is InChI=1S/C18H11BrF4O5S/c19-10-7-11(20)9-12(8-10)28-14-1-2-15(29(24,25)18(21,22)23)16-13(14)3-4-17(16)26-5-6-27-17/h1-2,5-9H,3-4H2. The molecule has 11 heteroatoms. The second kappa shape index (κ2) is 6.63. The van der Waals surface area contributed by atoms with Crippen LogP contribution in [0.15, 0.2) is 52.2 Å². The average molecular weight is 495 g/mol. The normalized spacial score (nSPS) is 17.1. The molecule has 0 atom stereocenters. The summed E-state index contributed by atoms with van der Waals surface area (Å²) in [6.07, 6.45) is 2.47. The Hall–Kier alpha value is -2.27. The molecule has 0 amide bonds. The van der Waals surface area contributed by atoms with Crippen LogP contribution in [0.4, 0.5) is 17.6 Å². The lowest BCUT2D eigenvalue weighted by Gasteiger charge is -2.26. The highest BCUT2D eigenvalue weighted by atomic mass is 79.9. The molecule has 0 radical (unpaired) electrons. The van der Waals surface area contributed by atoms with Crippen molar-refractivity contribution in [3.8, 4) is 11.5 Å². The lowest BCUT2D eigenvalue weighted by Crippen LogP contribution is -2.30. The minimum atomic E-state index is -5.68. The number of fused-ring (bicyclic) bond motifs is 2. The van der Waals surface area contributed by atoms with Gasteiger partial charge in [0.05, 0.1) is 10.5 Å². The number of hydrogen-bond donors (Lipinski definition) is 0. The Labute approximate surface area is 170 Å². The van der Waals surface area contributed by atoms with Crippen molar-refractivity contribution in [2.24, 2.45) is 0 Å². The monoisotopic (exact) mass is 494 g/mol. The van der Waals surface area contributed by atoms with E-state index in [1.54, 1.807) is 0 Å². The van der Waals surface area contributed by atoms with Crippen molar-refractivity contribution < 1.29 is 40.2 Å². The van der Waals surface area contributed by atoms with Gasteiger partial charge in [0.15, 0.2) is 0 Å². The van der Waals surface area contributed by atoms with Gasteiger partial charge >= 0.3 is 5.51 Å². The maximum Gasteiger partial charge on any atom is 0.501 e. The molecule has 29 heavy (non-hydrogen) atoms. The molecule has 2 aliphatic rings. The first-order valence-electron chi connectivity index (χ1n) is 8.16. The summed E-state index contributed by atoms with van der Waals surface area (Å²) in [5.74, 6) is -2.12. The first-order chi connectivity index (χ1) is 13.5. The molecular weight excluding hydrogens is 484 g/mol. The van der Waals surface area contributed by atoms with E-state index in [-0.39, 0.29) is 35.5 Å². The summed E-state index contributed by atoms with van der Waals surface area (Å²) in [5, 5.41) is 0. The van der Waals surface area contributed by atoms with Crippen LogP contribution in [0.2, 0.25) is 0 Å². The molecule has 1 aliphatic heterocycles. The van der Waals surface area contributed by atoms with E-state index in [4.69, 9.17) is 14.2 Å².